The second-order valence-electron chi connectivity index (χ2n) is 5.81. The average Bonchev–Trinajstić information content (AvgIpc) is 3.15. The van der Waals surface area contributed by atoms with Gasteiger partial charge in [-0.15, -0.1) is 10.2 Å². The van der Waals surface area contributed by atoms with Gasteiger partial charge in [0.15, 0.2) is 5.16 Å². The van der Waals surface area contributed by atoms with Gasteiger partial charge in [-0.1, -0.05) is 41.3 Å². The number of nitrogens with one attached hydrogen (secondary N) is 1. The van der Waals surface area contributed by atoms with Gasteiger partial charge in [0, 0.05) is 5.69 Å². The maximum atomic E-state index is 12.3. The Kier molecular flexibility index (Phi) is 4.19. The van der Waals surface area contributed by atoms with Gasteiger partial charge in [0.2, 0.25) is 10.9 Å². The summed E-state index contributed by atoms with van der Waals surface area (Å²) in [7, 11) is 0. The molecule has 4 aromatic rings. The topological polar surface area (TPSA) is 59.3 Å². The summed E-state index contributed by atoms with van der Waals surface area (Å²) in [5, 5.41) is 12.1. The van der Waals surface area contributed by atoms with E-state index in [4.69, 9.17) is 0 Å². The molecule has 4 rings (SSSR count). The van der Waals surface area contributed by atoms with Gasteiger partial charge in [0.1, 0.15) is 0 Å². The number of nitrogens with zero attached hydrogens (tertiary/aromatic N) is 3. The molecular weight excluding hydrogens is 352 g/mol. The molecule has 1 N–H and O–H groups in total. The number of thiazole rings is 1. The molecule has 126 valence electrons. The van der Waals surface area contributed by atoms with E-state index in [0.717, 1.165) is 31.6 Å². The second-order valence-corrected chi connectivity index (χ2v) is 7.76. The lowest BCUT2D eigenvalue weighted by Crippen LogP contribution is -2.14. The Balaban J connectivity index is 1.50. The molecule has 0 saturated heterocycles. The fourth-order valence-electron chi connectivity index (χ4n) is 2.60. The van der Waals surface area contributed by atoms with Crippen molar-refractivity contribution in [1.29, 1.82) is 0 Å². The molecule has 0 fully saturated rings. The lowest BCUT2D eigenvalue weighted by molar-refractivity contribution is -0.113. The molecule has 7 heteroatoms. The summed E-state index contributed by atoms with van der Waals surface area (Å²) < 4.78 is 3.17. The quantitative estimate of drug-likeness (QED) is 0.546. The van der Waals surface area contributed by atoms with Crippen molar-refractivity contribution in [3.8, 4) is 0 Å². The van der Waals surface area contributed by atoms with Gasteiger partial charge >= 0.3 is 0 Å². The number of carbonyl (C=O) groups excluding carboxylic acids is 1. The molecule has 0 aliphatic carbocycles. The molecule has 2 aromatic carbocycles. The number of amides is 1. The summed E-state index contributed by atoms with van der Waals surface area (Å²) in [6, 6.07) is 14.0. The van der Waals surface area contributed by atoms with Crippen molar-refractivity contribution in [2.24, 2.45) is 0 Å². The van der Waals surface area contributed by atoms with Crippen molar-refractivity contribution in [2.45, 2.75) is 19.0 Å². The van der Waals surface area contributed by atoms with Crippen LogP contribution < -0.4 is 5.32 Å². The average molecular weight is 368 g/mol. The molecule has 0 aliphatic heterocycles. The zero-order chi connectivity index (χ0) is 17.4. The number of hydrogen-bond acceptors (Lipinski definition) is 5. The molecule has 0 unspecified atom stereocenters. The number of fused-ring (bicyclic) bond motifs is 3. The van der Waals surface area contributed by atoms with Crippen LogP contribution in [-0.2, 0) is 4.79 Å². The fraction of sp³-hybridized carbons (Fsp3) is 0.167. The smallest absolute Gasteiger partial charge is 0.234 e. The lowest BCUT2D eigenvalue weighted by atomic mass is 10.1. The maximum Gasteiger partial charge on any atom is 0.234 e. The summed E-state index contributed by atoms with van der Waals surface area (Å²) in [6.45, 7) is 4.09. The predicted octanol–water partition coefficient (Wildman–Crippen LogP) is 4.29. The number of para-hydroxylation sites is 1. The minimum Gasteiger partial charge on any atom is -0.325 e. The number of thioether (sulfide) groups is 1. The Morgan fingerprint density at radius 1 is 1.16 bits per heavy atom. The zero-order valence-electron chi connectivity index (χ0n) is 13.8. The number of carbonyl (C=O) groups is 1. The van der Waals surface area contributed by atoms with Crippen LogP contribution in [0.25, 0.3) is 15.2 Å². The molecule has 2 heterocycles. The number of aryl methyl sites for hydroxylation is 2. The first kappa shape index (κ1) is 16.1. The van der Waals surface area contributed by atoms with Gasteiger partial charge in [-0.25, -0.2) is 0 Å². The minimum absolute atomic E-state index is 0.0514. The van der Waals surface area contributed by atoms with Crippen molar-refractivity contribution < 1.29 is 4.79 Å². The van der Waals surface area contributed by atoms with E-state index in [9.17, 15) is 4.79 Å². The first-order valence-electron chi connectivity index (χ1n) is 7.84. The third-order valence-electron chi connectivity index (χ3n) is 4.03. The van der Waals surface area contributed by atoms with Gasteiger partial charge in [-0.2, -0.15) is 0 Å². The molecule has 2 aromatic heterocycles. The van der Waals surface area contributed by atoms with Gasteiger partial charge < -0.3 is 5.32 Å². The number of hydrogen-bond donors (Lipinski definition) is 1. The van der Waals surface area contributed by atoms with Crippen LogP contribution in [-0.4, -0.2) is 26.3 Å². The SMILES string of the molecule is Cc1ccc(NC(=O)CSc2nnc3sc4ccccc4n23)cc1C. The fourth-order valence-corrected chi connectivity index (χ4v) is 4.36. The highest BCUT2D eigenvalue weighted by atomic mass is 32.2. The number of anilines is 1. The first-order valence-corrected chi connectivity index (χ1v) is 9.64. The van der Waals surface area contributed by atoms with E-state index in [1.54, 1.807) is 11.3 Å². The number of benzene rings is 2. The number of rotatable bonds is 4. The highest BCUT2D eigenvalue weighted by Crippen LogP contribution is 2.29. The molecular formula is C18H16N4OS2. The van der Waals surface area contributed by atoms with Gasteiger partial charge in [0.25, 0.3) is 0 Å². The standard InChI is InChI=1S/C18H16N4OS2/c1-11-7-8-13(9-12(11)2)19-16(23)10-24-17-20-21-18-22(17)14-5-3-4-6-15(14)25-18/h3-9H,10H2,1-2H3,(H,19,23). The summed E-state index contributed by atoms with van der Waals surface area (Å²) in [6.07, 6.45) is 0. The van der Waals surface area contributed by atoms with Crippen LogP contribution in [0.3, 0.4) is 0 Å². The molecule has 1 amide bonds. The van der Waals surface area contributed by atoms with Crippen LogP contribution in [0.1, 0.15) is 11.1 Å². The number of aromatic nitrogens is 3. The van der Waals surface area contributed by atoms with E-state index in [0.29, 0.717) is 0 Å². The van der Waals surface area contributed by atoms with Gasteiger partial charge in [-0.3, -0.25) is 9.20 Å². The van der Waals surface area contributed by atoms with E-state index >= 15 is 0 Å². The van der Waals surface area contributed by atoms with Crippen LogP contribution in [0.15, 0.2) is 47.6 Å². The third kappa shape index (κ3) is 3.12. The Bertz CT molecular complexity index is 1080. The summed E-state index contributed by atoms with van der Waals surface area (Å²) in [4.78, 5) is 13.1. The molecule has 0 radical (unpaired) electrons. The van der Waals surface area contributed by atoms with Gasteiger partial charge in [0.05, 0.1) is 16.0 Å². The summed E-state index contributed by atoms with van der Waals surface area (Å²) in [5.74, 6) is 0.238. The largest absolute Gasteiger partial charge is 0.325 e. The second kappa shape index (κ2) is 6.50. The van der Waals surface area contributed by atoms with Crippen molar-refractivity contribution in [2.75, 3.05) is 11.1 Å². The molecule has 0 bridgehead atoms. The molecule has 25 heavy (non-hydrogen) atoms. The molecule has 0 spiro atoms. The Morgan fingerprint density at radius 2 is 2.00 bits per heavy atom. The van der Waals surface area contributed by atoms with Crippen LogP contribution in [0.4, 0.5) is 5.69 Å². The summed E-state index contributed by atoms with van der Waals surface area (Å²) in [5.41, 5.74) is 4.27. The van der Waals surface area contributed by atoms with Crippen LogP contribution in [0.2, 0.25) is 0 Å². The molecule has 5 nitrogen and oxygen atoms in total. The Morgan fingerprint density at radius 3 is 2.84 bits per heavy atom. The Labute approximate surface area is 153 Å². The normalized spacial score (nSPS) is 11.3. The van der Waals surface area contributed by atoms with Crippen LogP contribution in [0, 0.1) is 13.8 Å². The molecule has 0 atom stereocenters. The maximum absolute atomic E-state index is 12.3. The highest BCUT2D eigenvalue weighted by molar-refractivity contribution is 7.99. The monoisotopic (exact) mass is 368 g/mol. The Hall–Kier alpha value is -2.38. The third-order valence-corrected chi connectivity index (χ3v) is 5.97. The molecule has 0 aliphatic rings. The minimum atomic E-state index is -0.0514. The van der Waals surface area contributed by atoms with Crippen LogP contribution in [0.5, 0.6) is 0 Å². The zero-order valence-corrected chi connectivity index (χ0v) is 15.4. The van der Waals surface area contributed by atoms with Crippen LogP contribution >= 0.6 is 23.1 Å². The summed E-state index contributed by atoms with van der Waals surface area (Å²) >= 11 is 2.99. The van der Waals surface area contributed by atoms with E-state index < -0.39 is 0 Å². The van der Waals surface area contributed by atoms with Crippen molar-refractivity contribution in [3.63, 3.8) is 0 Å². The highest BCUT2D eigenvalue weighted by Gasteiger charge is 2.14. The van der Waals surface area contributed by atoms with Crippen molar-refractivity contribution in [3.05, 3.63) is 53.6 Å². The van der Waals surface area contributed by atoms with E-state index in [1.165, 1.54) is 17.3 Å². The van der Waals surface area contributed by atoms with Gasteiger partial charge in [-0.05, 0) is 49.2 Å². The van der Waals surface area contributed by atoms with Crippen molar-refractivity contribution >= 4 is 49.9 Å². The van der Waals surface area contributed by atoms with E-state index in [-0.39, 0.29) is 11.7 Å². The molecule has 0 saturated carbocycles. The lowest BCUT2D eigenvalue weighted by Gasteiger charge is -2.07. The van der Waals surface area contributed by atoms with Crippen molar-refractivity contribution in [1.82, 2.24) is 14.6 Å². The van der Waals surface area contributed by atoms with E-state index in [1.807, 2.05) is 47.7 Å². The first-order chi connectivity index (χ1) is 12.1. The predicted molar refractivity (Wildman–Crippen MR) is 104 cm³/mol. The van der Waals surface area contributed by atoms with E-state index in [2.05, 4.69) is 28.5 Å².